The molecule has 0 atom stereocenters. The Morgan fingerprint density at radius 2 is 2.17 bits per heavy atom. The second-order valence-corrected chi connectivity index (χ2v) is 3.57. The lowest BCUT2D eigenvalue weighted by Gasteiger charge is -2.21. The van der Waals surface area contributed by atoms with E-state index >= 15 is 0 Å². The summed E-state index contributed by atoms with van der Waals surface area (Å²) < 4.78 is 5.02. The second kappa shape index (κ2) is 5.54. The molecule has 1 aliphatic rings. The van der Waals surface area contributed by atoms with Gasteiger partial charge in [0.05, 0.1) is 6.61 Å². The lowest BCUT2D eigenvalue weighted by Crippen LogP contribution is -2.30. The number of nitrogens with one attached hydrogen (secondary N) is 1. The van der Waals surface area contributed by atoms with Crippen LogP contribution in [-0.2, 0) is 9.53 Å². The van der Waals surface area contributed by atoms with Crippen molar-refractivity contribution in [2.24, 2.45) is 5.92 Å². The van der Waals surface area contributed by atoms with Crippen LogP contribution >= 0.6 is 15.9 Å². The number of ether oxygens (including phenoxy) is 1. The summed E-state index contributed by atoms with van der Waals surface area (Å²) in [6.45, 7) is 2.69. The number of carbonyl (C=O) groups is 1. The van der Waals surface area contributed by atoms with Gasteiger partial charge in [0.1, 0.15) is 5.33 Å². The van der Waals surface area contributed by atoms with Crippen LogP contribution in [0.3, 0.4) is 0 Å². The maximum absolute atomic E-state index is 10.8. The van der Waals surface area contributed by atoms with Crippen LogP contribution < -0.4 is 5.32 Å². The van der Waals surface area contributed by atoms with Crippen molar-refractivity contribution < 1.29 is 9.53 Å². The minimum Gasteiger partial charge on any atom is -0.465 e. The fourth-order valence-electron chi connectivity index (χ4n) is 1.30. The van der Waals surface area contributed by atoms with Crippen LogP contribution in [0, 0.1) is 5.92 Å². The molecule has 4 heteroatoms. The van der Waals surface area contributed by atoms with Gasteiger partial charge in [0, 0.05) is 0 Å². The van der Waals surface area contributed by atoms with Crippen LogP contribution in [0.2, 0.25) is 0 Å². The molecule has 0 aliphatic carbocycles. The van der Waals surface area contributed by atoms with Crippen LogP contribution in [0.4, 0.5) is 0 Å². The molecular weight excluding hydrogens is 222 g/mol. The van der Waals surface area contributed by atoms with E-state index in [1.165, 1.54) is 0 Å². The SMILES string of the molecule is O=C(CBr)OCC1CCNCC1. The molecule has 1 heterocycles. The molecule has 0 amide bonds. The molecule has 0 aromatic carbocycles. The summed E-state index contributed by atoms with van der Waals surface area (Å²) in [6.07, 6.45) is 2.24. The first-order valence-electron chi connectivity index (χ1n) is 4.25. The smallest absolute Gasteiger partial charge is 0.316 e. The molecule has 0 aromatic heterocycles. The lowest BCUT2D eigenvalue weighted by atomic mass is 9.99. The quantitative estimate of drug-likeness (QED) is 0.585. The lowest BCUT2D eigenvalue weighted by molar-refractivity contribution is -0.141. The summed E-state index contributed by atoms with van der Waals surface area (Å²) in [5, 5.41) is 3.57. The second-order valence-electron chi connectivity index (χ2n) is 3.01. The average Bonchev–Trinajstić information content (AvgIpc) is 2.16. The molecule has 1 N–H and O–H groups in total. The van der Waals surface area contributed by atoms with E-state index in [0.717, 1.165) is 25.9 Å². The highest BCUT2D eigenvalue weighted by Crippen LogP contribution is 2.11. The maximum atomic E-state index is 10.8. The summed E-state index contributed by atoms with van der Waals surface area (Å²) in [4.78, 5) is 10.8. The molecule has 0 saturated carbocycles. The highest BCUT2D eigenvalue weighted by molar-refractivity contribution is 9.09. The molecule has 1 aliphatic heterocycles. The third-order valence-electron chi connectivity index (χ3n) is 2.05. The molecule has 0 unspecified atom stereocenters. The van der Waals surface area contributed by atoms with Crippen molar-refractivity contribution >= 4 is 21.9 Å². The Labute approximate surface area is 81.0 Å². The van der Waals surface area contributed by atoms with Crippen molar-refractivity contribution in [2.45, 2.75) is 12.8 Å². The van der Waals surface area contributed by atoms with Gasteiger partial charge in [0.2, 0.25) is 0 Å². The van der Waals surface area contributed by atoms with Gasteiger partial charge in [-0.05, 0) is 31.8 Å². The Morgan fingerprint density at radius 1 is 1.50 bits per heavy atom. The first kappa shape index (κ1) is 9.99. The van der Waals surface area contributed by atoms with Gasteiger partial charge in [-0.2, -0.15) is 0 Å². The number of carbonyl (C=O) groups excluding carboxylic acids is 1. The third-order valence-corrected chi connectivity index (χ3v) is 2.51. The zero-order valence-corrected chi connectivity index (χ0v) is 8.60. The summed E-state index contributed by atoms with van der Waals surface area (Å²) in [5.74, 6) is 0.405. The molecule has 1 rings (SSSR count). The Hall–Kier alpha value is -0.0900. The van der Waals surface area contributed by atoms with Gasteiger partial charge in [-0.1, -0.05) is 15.9 Å². The van der Waals surface area contributed by atoms with Crippen molar-refractivity contribution in [3.8, 4) is 0 Å². The fourth-order valence-corrected chi connectivity index (χ4v) is 1.46. The molecule has 1 saturated heterocycles. The Bertz CT molecular complexity index is 146. The van der Waals surface area contributed by atoms with Gasteiger partial charge in [-0.15, -0.1) is 0 Å². The minimum atomic E-state index is -0.159. The van der Waals surface area contributed by atoms with E-state index < -0.39 is 0 Å². The van der Waals surface area contributed by atoms with Crippen LogP contribution in [0.15, 0.2) is 0 Å². The van der Waals surface area contributed by atoms with Gasteiger partial charge >= 0.3 is 5.97 Å². The number of piperidine rings is 1. The van der Waals surface area contributed by atoms with Crippen LogP contribution in [0.1, 0.15) is 12.8 Å². The minimum absolute atomic E-state index is 0.159. The number of alkyl halides is 1. The summed E-state index contributed by atoms with van der Waals surface area (Å²) in [5.41, 5.74) is 0. The predicted octanol–water partition coefficient (Wildman–Crippen LogP) is 0.924. The van der Waals surface area contributed by atoms with E-state index in [1.807, 2.05) is 0 Å². The van der Waals surface area contributed by atoms with Crippen molar-refractivity contribution in [2.75, 3.05) is 25.0 Å². The van der Waals surface area contributed by atoms with Gasteiger partial charge in [-0.25, -0.2) is 0 Å². The Morgan fingerprint density at radius 3 is 2.75 bits per heavy atom. The van der Waals surface area contributed by atoms with E-state index in [2.05, 4.69) is 21.2 Å². The van der Waals surface area contributed by atoms with Crippen molar-refractivity contribution in [3.05, 3.63) is 0 Å². The van der Waals surface area contributed by atoms with E-state index in [9.17, 15) is 4.79 Å². The van der Waals surface area contributed by atoms with Crippen LogP contribution in [0.5, 0.6) is 0 Å². The summed E-state index contributed by atoms with van der Waals surface area (Å²) >= 11 is 3.05. The number of rotatable bonds is 3. The highest BCUT2D eigenvalue weighted by Gasteiger charge is 2.14. The molecular formula is C8H14BrNO2. The Balaban J connectivity index is 2.09. The molecule has 70 valence electrons. The van der Waals surface area contributed by atoms with Crippen LogP contribution in [0.25, 0.3) is 0 Å². The van der Waals surface area contributed by atoms with Crippen molar-refractivity contribution in [1.29, 1.82) is 0 Å². The predicted molar refractivity (Wildman–Crippen MR) is 50.3 cm³/mol. The van der Waals surface area contributed by atoms with E-state index in [1.54, 1.807) is 0 Å². The standard InChI is InChI=1S/C8H14BrNO2/c9-5-8(11)12-6-7-1-3-10-4-2-7/h7,10H,1-6H2. The number of halogens is 1. The van der Waals surface area contributed by atoms with Gasteiger partial charge in [0.15, 0.2) is 0 Å². The molecule has 0 spiro atoms. The van der Waals surface area contributed by atoms with Gasteiger partial charge in [-0.3, -0.25) is 4.79 Å². The van der Waals surface area contributed by atoms with E-state index in [4.69, 9.17) is 4.74 Å². The fraction of sp³-hybridized carbons (Fsp3) is 0.875. The molecule has 0 aromatic rings. The number of esters is 1. The van der Waals surface area contributed by atoms with E-state index in [0.29, 0.717) is 17.9 Å². The highest BCUT2D eigenvalue weighted by atomic mass is 79.9. The number of hydrogen-bond acceptors (Lipinski definition) is 3. The van der Waals surface area contributed by atoms with Gasteiger partial charge in [0.25, 0.3) is 0 Å². The molecule has 0 radical (unpaired) electrons. The first-order chi connectivity index (χ1) is 5.83. The Kier molecular flexibility index (Phi) is 4.61. The van der Waals surface area contributed by atoms with Crippen molar-refractivity contribution in [3.63, 3.8) is 0 Å². The molecule has 0 bridgehead atoms. The third kappa shape index (κ3) is 3.54. The average molecular weight is 236 g/mol. The largest absolute Gasteiger partial charge is 0.465 e. The topological polar surface area (TPSA) is 38.3 Å². The monoisotopic (exact) mass is 235 g/mol. The normalized spacial score (nSPS) is 19.1. The molecule has 3 nitrogen and oxygen atoms in total. The van der Waals surface area contributed by atoms with Crippen LogP contribution in [-0.4, -0.2) is 31.0 Å². The zero-order valence-electron chi connectivity index (χ0n) is 7.01. The molecule has 12 heavy (non-hydrogen) atoms. The maximum Gasteiger partial charge on any atom is 0.316 e. The van der Waals surface area contributed by atoms with E-state index in [-0.39, 0.29) is 5.97 Å². The van der Waals surface area contributed by atoms with Crippen molar-refractivity contribution in [1.82, 2.24) is 5.32 Å². The summed E-state index contributed by atoms with van der Waals surface area (Å²) in [7, 11) is 0. The zero-order chi connectivity index (χ0) is 8.81. The number of hydrogen-bond donors (Lipinski definition) is 1. The van der Waals surface area contributed by atoms with Gasteiger partial charge < -0.3 is 10.1 Å². The molecule has 1 fully saturated rings. The summed E-state index contributed by atoms with van der Waals surface area (Å²) in [6, 6.07) is 0. The first-order valence-corrected chi connectivity index (χ1v) is 5.37.